The molecule has 98 valence electrons. The van der Waals surface area contributed by atoms with Gasteiger partial charge in [-0.1, -0.05) is 24.3 Å². The highest BCUT2D eigenvalue weighted by molar-refractivity contribution is 5.77. The number of carbonyl (C=O) groups is 1. The van der Waals surface area contributed by atoms with Gasteiger partial charge in [0.05, 0.1) is 30.7 Å². The number of hydrogen-bond acceptors (Lipinski definition) is 3. The van der Waals surface area contributed by atoms with E-state index in [1.54, 1.807) is 12.5 Å². The molecule has 1 aliphatic carbocycles. The lowest BCUT2D eigenvalue weighted by Crippen LogP contribution is -2.07. The van der Waals surface area contributed by atoms with Gasteiger partial charge in [0.25, 0.3) is 0 Å². The second-order valence-corrected chi connectivity index (χ2v) is 4.79. The first-order valence-electron chi connectivity index (χ1n) is 6.55. The fourth-order valence-electron chi connectivity index (χ4n) is 2.40. The van der Waals surface area contributed by atoms with Gasteiger partial charge in [0.1, 0.15) is 0 Å². The Hall–Kier alpha value is -2.10. The summed E-state index contributed by atoms with van der Waals surface area (Å²) in [5.41, 5.74) is 3.32. The van der Waals surface area contributed by atoms with Crippen LogP contribution >= 0.6 is 0 Å². The number of carbonyl (C=O) groups excluding carboxylic acids is 1. The Labute approximate surface area is 111 Å². The predicted molar refractivity (Wildman–Crippen MR) is 71.5 cm³/mol. The Morgan fingerprint density at radius 2 is 2.21 bits per heavy atom. The topological polar surface area (TPSA) is 55.0 Å². The lowest BCUT2D eigenvalue weighted by atomic mass is 10.1. The van der Waals surface area contributed by atoms with Crippen LogP contribution in [-0.2, 0) is 9.53 Å². The Morgan fingerprint density at radius 1 is 1.42 bits per heavy atom. The minimum Gasteiger partial charge on any atom is -0.466 e. The van der Waals surface area contributed by atoms with Gasteiger partial charge in [0.15, 0.2) is 0 Å². The number of hydrogen-bond donors (Lipinski definition) is 1. The standard InChI is InChI=1S/C15H16N2O2/c1-2-19-15(18)13-7-12(13)10-3-5-11(6-4-10)14-8-16-9-17-14/h3-6,8-9,12-13H,2,7H2,1H3,(H,16,17)/t12-,13-/m1/s1. The molecular weight excluding hydrogens is 240 g/mol. The van der Waals surface area contributed by atoms with Gasteiger partial charge in [-0.15, -0.1) is 0 Å². The van der Waals surface area contributed by atoms with E-state index in [1.165, 1.54) is 5.56 Å². The Kier molecular flexibility index (Phi) is 3.07. The van der Waals surface area contributed by atoms with Crippen LogP contribution in [0.2, 0.25) is 0 Å². The van der Waals surface area contributed by atoms with Crippen molar-refractivity contribution in [3.05, 3.63) is 42.4 Å². The highest BCUT2D eigenvalue weighted by Crippen LogP contribution is 2.48. The van der Waals surface area contributed by atoms with Crippen LogP contribution in [0, 0.1) is 5.92 Å². The number of nitrogens with one attached hydrogen (secondary N) is 1. The van der Waals surface area contributed by atoms with Crippen LogP contribution in [-0.4, -0.2) is 22.5 Å². The van der Waals surface area contributed by atoms with Crippen molar-refractivity contribution < 1.29 is 9.53 Å². The van der Waals surface area contributed by atoms with E-state index in [-0.39, 0.29) is 11.9 Å². The molecule has 1 fully saturated rings. The van der Waals surface area contributed by atoms with Gasteiger partial charge in [0, 0.05) is 0 Å². The average Bonchev–Trinajstić information content (AvgIpc) is 3.05. The number of H-pyrrole nitrogens is 1. The first kappa shape index (κ1) is 12.0. The molecule has 0 radical (unpaired) electrons. The van der Waals surface area contributed by atoms with E-state index < -0.39 is 0 Å². The Morgan fingerprint density at radius 3 is 2.84 bits per heavy atom. The van der Waals surface area contributed by atoms with Gasteiger partial charge in [0.2, 0.25) is 0 Å². The molecule has 0 bridgehead atoms. The minimum absolute atomic E-state index is 0.0537. The van der Waals surface area contributed by atoms with Crippen molar-refractivity contribution in [1.29, 1.82) is 0 Å². The molecule has 3 rings (SSSR count). The van der Waals surface area contributed by atoms with Gasteiger partial charge in [-0.3, -0.25) is 4.79 Å². The zero-order valence-electron chi connectivity index (χ0n) is 10.8. The largest absolute Gasteiger partial charge is 0.466 e. The van der Waals surface area contributed by atoms with Crippen LogP contribution < -0.4 is 0 Å². The molecule has 1 aromatic heterocycles. The van der Waals surface area contributed by atoms with Crippen molar-refractivity contribution in [3.8, 4) is 11.3 Å². The number of aromatic nitrogens is 2. The van der Waals surface area contributed by atoms with Crippen LogP contribution in [0.5, 0.6) is 0 Å². The molecule has 0 unspecified atom stereocenters. The predicted octanol–water partition coefficient (Wildman–Crippen LogP) is 2.74. The van der Waals surface area contributed by atoms with E-state index in [9.17, 15) is 4.79 Å². The SMILES string of the molecule is CCOC(=O)[C@@H]1C[C@@H]1c1ccc(-c2cnc[nH]2)cc1. The molecule has 0 spiro atoms. The van der Waals surface area contributed by atoms with Gasteiger partial charge < -0.3 is 9.72 Å². The van der Waals surface area contributed by atoms with Crippen LogP contribution in [0.25, 0.3) is 11.3 Å². The van der Waals surface area contributed by atoms with Crippen molar-refractivity contribution in [3.63, 3.8) is 0 Å². The molecule has 4 nitrogen and oxygen atoms in total. The zero-order chi connectivity index (χ0) is 13.2. The monoisotopic (exact) mass is 256 g/mol. The first-order chi connectivity index (χ1) is 9.29. The van der Waals surface area contributed by atoms with Gasteiger partial charge >= 0.3 is 5.97 Å². The summed E-state index contributed by atoms with van der Waals surface area (Å²) in [4.78, 5) is 18.7. The number of aromatic amines is 1. The number of rotatable bonds is 4. The van der Waals surface area contributed by atoms with Crippen molar-refractivity contribution in [1.82, 2.24) is 9.97 Å². The molecule has 4 heteroatoms. The molecule has 2 aromatic rings. The molecule has 0 aliphatic heterocycles. The van der Waals surface area contributed by atoms with Crippen LogP contribution in [0.3, 0.4) is 0 Å². The molecule has 0 amide bonds. The lowest BCUT2D eigenvalue weighted by molar-refractivity contribution is -0.144. The fraction of sp³-hybridized carbons (Fsp3) is 0.333. The third-order valence-electron chi connectivity index (χ3n) is 3.53. The summed E-state index contributed by atoms with van der Waals surface area (Å²) in [6, 6.07) is 8.28. The number of imidazole rings is 1. The fourth-order valence-corrected chi connectivity index (χ4v) is 2.40. The maximum atomic E-state index is 11.6. The van der Waals surface area contributed by atoms with Crippen molar-refractivity contribution in [2.45, 2.75) is 19.3 Å². The summed E-state index contributed by atoms with van der Waals surface area (Å²) in [6.45, 7) is 2.30. The Bertz CT molecular complexity index is 560. The Balaban J connectivity index is 1.70. The maximum Gasteiger partial charge on any atom is 0.309 e. The summed E-state index contributed by atoms with van der Waals surface area (Å²) in [6.07, 6.45) is 4.37. The van der Waals surface area contributed by atoms with Gasteiger partial charge in [-0.2, -0.15) is 0 Å². The lowest BCUT2D eigenvalue weighted by Gasteiger charge is -2.03. The molecular formula is C15H16N2O2. The molecule has 19 heavy (non-hydrogen) atoms. The van der Waals surface area contributed by atoms with Crippen molar-refractivity contribution in [2.75, 3.05) is 6.61 Å². The number of ether oxygens (including phenoxy) is 1. The normalized spacial score (nSPS) is 21.1. The first-order valence-corrected chi connectivity index (χ1v) is 6.55. The van der Waals surface area contributed by atoms with E-state index in [0.29, 0.717) is 12.5 Å². The number of esters is 1. The summed E-state index contributed by atoms with van der Waals surface area (Å²) >= 11 is 0. The third-order valence-corrected chi connectivity index (χ3v) is 3.53. The molecule has 2 atom stereocenters. The van der Waals surface area contributed by atoms with Crippen LogP contribution in [0.4, 0.5) is 0 Å². The number of nitrogens with zero attached hydrogens (tertiary/aromatic N) is 1. The van der Waals surface area contributed by atoms with Gasteiger partial charge in [-0.05, 0) is 30.4 Å². The second-order valence-electron chi connectivity index (χ2n) is 4.79. The molecule has 1 aliphatic rings. The summed E-state index contributed by atoms with van der Waals surface area (Å²) in [7, 11) is 0. The average molecular weight is 256 g/mol. The van der Waals surface area contributed by atoms with Crippen LogP contribution in [0.1, 0.15) is 24.8 Å². The minimum atomic E-state index is -0.0647. The molecule has 1 saturated carbocycles. The van der Waals surface area contributed by atoms with Crippen molar-refractivity contribution >= 4 is 5.97 Å². The van der Waals surface area contributed by atoms with E-state index in [1.807, 2.05) is 6.92 Å². The number of benzene rings is 1. The second kappa shape index (κ2) is 4.88. The highest BCUT2D eigenvalue weighted by Gasteiger charge is 2.44. The third kappa shape index (κ3) is 2.38. The smallest absolute Gasteiger partial charge is 0.309 e. The van der Waals surface area contributed by atoms with Crippen molar-refractivity contribution in [2.24, 2.45) is 5.92 Å². The maximum absolute atomic E-state index is 11.6. The molecule has 1 aromatic carbocycles. The highest BCUT2D eigenvalue weighted by atomic mass is 16.5. The van der Waals surface area contributed by atoms with E-state index in [4.69, 9.17) is 4.74 Å². The molecule has 1 heterocycles. The quantitative estimate of drug-likeness (QED) is 0.856. The molecule has 0 saturated heterocycles. The summed E-state index contributed by atoms with van der Waals surface area (Å²) in [5, 5.41) is 0. The van der Waals surface area contributed by atoms with E-state index in [0.717, 1.165) is 17.7 Å². The molecule has 1 N–H and O–H groups in total. The van der Waals surface area contributed by atoms with E-state index >= 15 is 0 Å². The summed E-state index contributed by atoms with van der Waals surface area (Å²) < 4.78 is 5.05. The van der Waals surface area contributed by atoms with Gasteiger partial charge in [-0.25, -0.2) is 4.98 Å². The van der Waals surface area contributed by atoms with Crippen LogP contribution in [0.15, 0.2) is 36.8 Å². The summed E-state index contributed by atoms with van der Waals surface area (Å²) in [5.74, 6) is 0.318. The zero-order valence-corrected chi connectivity index (χ0v) is 10.8. The van der Waals surface area contributed by atoms with E-state index in [2.05, 4.69) is 34.2 Å².